The molecule has 2 aliphatic rings. The Balaban J connectivity index is 1.48. The standard InChI is InChI=1S/C23H34N2O5/c1-28-16-11-23(24-22(27)20-7-14-29-15-8-20)9-12-25(13-10-23)21(26)18-30-17-19-5-3-2-4-6-19/h2-6,20H,7-18H2,1H3,(H,24,27). The Morgan fingerprint density at radius 1 is 1.17 bits per heavy atom. The number of nitrogens with zero attached hydrogens (tertiary/aromatic N) is 1. The molecule has 0 spiro atoms. The van der Waals surface area contributed by atoms with E-state index in [9.17, 15) is 9.59 Å². The smallest absolute Gasteiger partial charge is 0.248 e. The van der Waals surface area contributed by atoms with E-state index in [-0.39, 0.29) is 29.9 Å². The van der Waals surface area contributed by atoms with Crippen LogP contribution in [0.5, 0.6) is 0 Å². The van der Waals surface area contributed by atoms with E-state index in [0.29, 0.717) is 39.5 Å². The summed E-state index contributed by atoms with van der Waals surface area (Å²) in [7, 11) is 1.68. The van der Waals surface area contributed by atoms with Crippen LogP contribution in [-0.4, -0.2) is 68.9 Å². The van der Waals surface area contributed by atoms with E-state index in [2.05, 4.69) is 5.32 Å². The zero-order valence-electron chi connectivity index (χ0n) is 17.9. The van der Waals surface area contributed by atoms with Crippen LogP contribution in [0.25, 0.3) is 0 Å². The summed E-state index contributed by atoms with van der Waals surface area (Å²) in [6.07, 6.45) is 3.77. The molecule has 2 saturated heterocycles. The first-order valence-electron chi connectivity index (χ1n) is 10.9. The van der Waals surface area contributed by atoms with Crippen molar-refractivity contribution in [2.45, 2.75) is 44.2 Å². The molecule has 0 unspecified atom stereocenters. The molecule has 1 N–H and O–H groups in total. The van der Waals surface area contributed by atoms with Crippen molar-refractivity contribution in [3.63, 3.8) is 0 Å². The van der Waals surface area contributed by atoms with Gasteiger partial charge in [-0.25, -0.2) is 0 Å². The lowest BCUT2D eigenvalue weighted by Crippen LogP contribution is -2.58. The number of hydrogen-bond donors (Lipinski definition) is 1. The van der Waals surface area contributed by atoms with Gasteiger partial charge in [-0.3, -0.25) is 9.59 Å². The van der Waals surface area contributed by atoms with Crippen LogP contribution < -0.4 is 5.32 Å². The van der Waals surface area contributed by atoms with Crippen molar-refractivity contribution < 1.29 is 23.8 Å². The highest BCUT2D eigenvalue weighted by molar-refractivity contribution is 5.80. The van der Waals surface area contributed by atoms with Crippen LogP contribution in [0.4, 0.5) is 0 Å². The van der Waals surface area contributed by atoms with Crippen molar-refractivity contribution in [3.8, 4) is 0 Å². The Hall–Kier alpha value is -1.96. The summed E-state index contributed by atoms with van der Waals surface area (Å²) in [6.45, 7) is 3.62. The predicted molar refractivity (Wildman–Crippen MR) is 113 cm³/mol. The van der Waals surface area contributed by atoms with Gasteiger partial charge >= 0.3 is 0 Å². The van der Waals surface area contributed by atoms with E-state index in [0.717, 1.165) is 37.7 Å². The molecule has 0 saturated carbocycles. The van der Waals surface area contributed by atoms with Crippen LogP contribution in [0.1, 0.15) is 37.7 Å². The zero-order chi connectivity index (χ0) is 21.2. The van der Waals surface area contributed by atoms with Gasteiger partial charge in [-0.15, -0.1) is 0 Å². The molecular formula is C23H34N2O5. The fourth-order valence-electron chi connectivity index (χ4n) is 4.16. The first-order chi connectivity index (χ1) is 14.6. The summed E-state index contributed by atoms with van der Waals surface area (Å²) < 4.78 is 16.3. The highest BCUT2D eigenvalue weighted by Crippen LogP contribution is 2.28. The minimum atomic E-state index is -0.312. The SMILES string of the molecule is COCCC1(NC(=O)C2CCOCC2)CCN(C(=O)COCc2ccccc2)CC1. The van der Waals surface area contributed by atoms with Crippen molar-refractivity contribution in [3.05, 3.63) is 35.9 Å². The van der Waals surface area contributed by atoms with E-state index in [1.807, 2.05) is 35.2 Å². The number of likely N-dealkylation sites (tertiary alicyclic amines) is 1. The topological polar surface area (TPSA) is 77.1 Å². The van der Waals surface area contributed by atoms with Gasteiger partial charge in [0.25, 0.3) is 0 Å². The third-order valence-corrected chi connectivity index (χ3v) is 6.18. The molecule has 166 valence electrons. The molecule has 0 aliphatic carbocycles. The Labute approximate surface area is 179 Å². The first kappa shape index (κ1) is 22.7. The minimum Gasteiger partial charge on any atom is -0.385 e. The maximum atomic E-state index is 12.8. The molecule has 2 fully saturated rings. The van der Waals surface area contributed by atoms with Gasteiger partial charge in [0.15, 0.2) is 0 Å². The van der Waals surface area contributed by atoms with E-state index in [1.165, 1.54) is 0 Å². The van der Waals surface area contributed by atoms with E-state index in [1.54, 1.807) is 7.11 Å². The maximum absolute atomic E-state index is 12.8. The van der Waals surface area contributed by atoms with Gasteiger partial charge in [0, 0.05) is 51.5 Å². The van der Waals surface area contributed by atoms with Gasteiger partial charge in [-0.05, 0) is 37.7 Å². The Morgan fingerprint density at radius 3 is 2.53 bits per heavy atom. The second-order valence-corrected chi connectivity index (χ2v) is 8.26. The number of ether oxygens (including phenoxy) is 3. The van der Waals surface area contributed by atoms with Gasteiger partial charge in [0.05, 0.1) is 6.61 Å². The number of nitrogens with one attached hydrogen (secondary N) is 1. The molecule has 2 amide bonds. The number of piperidine rings is 1. The molecule has 0 aromatic heterocycles. The van der Waals surface area contributed by atoms with Gasteiger partial charge in [0.2, 0.25) is 11.8 Å². The van der Waals surface area contributed by atoms with E-state index >= 15 is 0 Å². The van der Waals surface area contributed by atoms with Gasteiger partial charge in [-0.1, -0.05) is 30.3 Å². The number of hydrogen-bond acceptors (Lipinski definition) is 5. The summed E-state index contributed by atoms with van der Waals surface area (Å²) in [5.41, 5.74) is 0.742. The number of methoxy groups -OCH3 is 1. The summed E-state index contributed by atoms with van der Waals surface area (Å²) in [5, 5.41) is 3.32. The Bertz CT molecular complexity index is 667. The average molecular weight is 419 g/mol. The monoisotopic (exact) mass is 418 g/mol. The lowest BCUT2D eigenvalue weighted by Gasteiger charge is -2.43. The molecule has 3 rings (SSSR count). The largest absolute Gasteiger partial charge is 0.385 e. The molecule has 7 heteroatoms. The van der Waals surface area contributed by atoms with E-state index < -0.39 is 0 Å². The maximum Gasteiger partial charge on any atom is 0.248 e. The summed E-state index contributed by atoms with van der Waals surface area (Å²) in [5.74, 6) is 0.131. The number of carbonyl (C=O) groups is 2. The summed E-state index contributed by atoms with van der Waals surface area (Å²) in [4.78, 5) is 27.2. The zero-order valence-corrected chi connectivity index (χ0v) is 17.9. The van der Waals surface area contributed by atoms with Crippen molar-refractivity contribution in [1.29, 1.82) is 0 Å². The predicted octanol–water partition coefficient (Wildman–Crippen LogP) is 2.14. The lowest BCUT2D eigenvalue weighted by atomic mass is 9.83. The average Bonchev–Trinajstić information content (AvgIpc) is 2.79. The number of amides is 2. The third kappa shape index (κ3) is 6.52. The van der Waals surface area contributed by atoms with Crippen LogP contribution in [0.2, 0.25) is 0 Å². The van der Waals surface area contributed by atoms with Gasteiger partial charge < -0.3 is 24.4 Å². The second-order valence-electron chi connectivity index (χ2n) is 8.26. The molecule has 2 aliphatic heterocycles. The number of benzene rings is 1. The second kappa shape index (κ2) is 11.4. The van der Waals surface area contributed by atoms with Crippen LogP contribution in [0.15, 0.2) is 30.3 Å². The molecule has 0 bridgehead atoms. The molecule has 1 aromatic carbocycles. The van der Waals surface area contributed by atoms with Crippen LogP contribution in [0, 0.1) is 5.92 Å². The van der Waals surface area contributed by atoms with Crippen molar-refractivity contribution in [2.24, 2.45) is 5.92 Å². The first-order valence-corrected chi connectivity index (χ1v) is 10.9. The number of rotatable bonds is 9. The quantitative estimate of drug-likeness (QED) is 0.665. The molecule has 2 heterocycles. The summed E-state index contributed by atoms with van der Waals surface area (Å²) in [6, 6.07) is 9.84. The highest BCUT2D eigenvalue weighted by atomic mass is 16.5. The van der Waals surface area contributed by atoms with Crippen LogP contribution in [0.3, 0.4) is 0 Å². The van der Waals surface area contributed by atoms with Crippen LogP contribution in [-0.2, 0) is 30.4 Å². The van der Waals surface area contributed by atoms with Crippen molar-refractivity contribution in [2.75, 3.05) is 46.6 Å². The van der Waals surface area contributed by atoms with E-state index in [4.69, 9.17) is 14.2 Å². The summed E-state index contributed by atoms with van der Waals surface area (Å²) >= 11 is 0. The fourth-order valence-corrected chi connectivity index (χ4v) is 4.16. The van der Waals surface area contributed by atoms with Crippen molar-refractivity contribution in [1.82, 2.24) is 10.2 Å². The molecule has 30 heavy (non-hydrogen) atoms. The Kier molecular flexibility index (Phi) is 8.66. The highest BCUT2D eigenvalue weighted by Gasteiger charge is 2.38. The molecule has 0 atom stereocenters. The van der Waals surface area contributed by atoms with Gasteiger partial charge in [0.1, 0.15) is 6.61 Å². The Morgan fingerprint density at radius 2 is 1.87 bits per heavy atom. The molecule has 0 radical (unpaired) electrons. The van der Waals surface area contributed by atoms with Crippen LogP contribution >= 0.6 is 0 Å². The third-order valence-electron chi connectivity index (χ3n) is 6.18. The van der Waals surface area contributed by atoms with Gasteiger partial charge in [-0.2, -0.15) is 0 Å². The fraction of sp³-hybridized carbons (Fsp3) is 0.652. The van der Waals surface area contributed by atoms with Crippen molar-refractivity contribution >= 4 is 11.8 Å². The lowest BCUT2D eigenvalue weighted by molar-refractivity contribution is -0.139. The molecule has 7 nitrogen and oxygen atoms in total. The number of carbonyl (C=O) groups excluding carboxylic acids is 2. The molecule has 1 aromatic rings. The minimum absolute atomic E-state index is 0.00188. The normalized spacial score (nSPS) is 19.4. The molecular weight excluding hydrogens is 384 g/mol.